The largest absolute Gasteiger partial charge is 0.394 e. The van der Waals surface area contributed by atoms with Crippen LogP contribution in [0.3, 0.4) is 0 Å². The Labute approximate surface area is 243 Å². The molecule has 1 amide bonds. The van der Waals surface area contributed by atoms with Crippen LogP contribution in [0.4, 0.5) is 0 Å². The molecular formula is C25H46N2O15. The van der Waals surface area contributed by atoms with Crippen LogP contribution in [0.5, 0.6) is 0 Å². The van der Waals surface area contributed by atoms with Gasteiger partial charge in [-0.25, -0.2) is 0 Å². The standard InChI is InChI=1S/C25H46N2O15/c1-10-15(31)17(33)19(35)24(38-10)42-22-14(27-11(2)30)23(37-7-5-3-4-6-26)40-13(9-29)21(22)41-25-20(36)18(34)16(32)12(8-28)39-25/h10,12-25,28-29,31-36H,3-9,26H2,1-2H3,(H,27,30). The molecule has 0 radical (unpaired) electrons. The second-order valence-electron chi connectivity index (χ2n) is 10.8. The number of unbranched alkanes of at least 4 members (excludes halogenated alkanes) is 2. The van der Waals surface area contributed by atoms with Gasteiger partial charge < -0.3 is 80.3 Å². The number of rotatable bonds is 13. The quantitative estimate of drug-likeness (QED) is 0.0868. The lowest BCUT2D eigenvalue weighted by molar-refractivity contribution is -0.373. The van der Waals surface area contributed by atoms with E-state index in [2.05, 4.69) is 5.32 Å². The zero-order valence-corrected chi connectivity index (χ0v) is 23.6. The van der Waals surface area contributed by atoms with E-state index in [0.717, 1.165) is 12.8 Å². The number of nitrogens with one attached hydrogen (secondary N) is 1. The van der Waals surface area contributed by atoms with Crippen LogP contribution in [0.25, 0.3) is 0 Å². The minimum atomic E-state index is -1.83. The molecule has 3 aliphatic rings. The second kappa shape index (κ2) is 16.3. The van der Waals surface area contributed by atoms with Gasteiger partial charge in [0.15, 0.2) is 18.9 Å². The fourth-order valence-corrected chi connectivity index (χ4v) is 5.15. The normalized spacial score (nSPS) is 44.6. The fraction of sp³-hybridized carbons (Fsp3) is 0.960. The fourth-order valence-electron chi connectivity index (χ4n) is 5.15. The van der Waals surface area contributed by atoms with Crippen molar-refractivity contribution in [3.63, 3.8) is 0 Å². The third-order valence-corrected chi connectivity index (χ3v) is 7.57. The number of ether oxygens (including phenoxy) is 6. The number of amides is 1. The summed E-state index contributed by atoms with van der Waals surface area (Å²) < 4.78 is 34.9. The maximum absolute atomic E-state index is 12.3. The average molecular weight is 615 g/mol. The predicted octanol–water partition coefficient (Wildman–Crippen LogP) is -5.25. The Balaban J connectivity index is 1.94. The van der Waals surface area contributed by atoms with Gasteiger partial charge in [0, 0.05) is 13.5 Å². The summed E-state index contributed by atoms with van der Waals surface area (Å²) in [4.78, 5) is 12.3. The number of nitrogens with two attached hydrogens (primary N) is 1. The van der Waals surface area contributed by atoms with Crippen LogP contribution in [0.1, 0.15) is 33.1 Å². The molecule has 0 aromatic rings. The van der Waals surface area contributed by atoms with E-state index in [4.69, 9.17) is 34.2 Å². The molecule has 3 rings (SSSR count). The molecule has 0 aromatic carbocycles. The number of carbonyl (C=O) groups is 1. The maximum atomic E-state index is 12.3. The minimum absolute atomic E-state index is 0.175. The summed E-state index contributed by atoms with van der Waals surface area (Å²) in [5.41, 5.74) is 5.54. The minimum Gasteiger partial charge on any atom is -0.394 e. The van der Waals surface area contributed by atoms with Crippen molar-refractivity contribution in [2.45, 2.75) is 125 Å². The van der Waals surface area contributed by atoms with E-state index in [1.54, 1.807) is 0 Å². The summed E-state index contributed by atoms with van der Waals surface area (Å²) >= 11 is 0. The third-order valence-electron chi connectivity index (χ3n) is 7.57. The van der Waals surface area contributed by atoms with Crippen LogP contribution in [0, 0.1) is 0 Å². The molecule has 3 heterocycles. The van der Waals surface area contributed by atoms with E-state index < -0.39 is 111 Å². The molecule has 0 bridgehead atoms. The Bertz CT molecular complexity index is 827. The number of carbonyl (C=O) groups excluding carboxylic acids is 1. The molecule has 3 saturated heterocycles. The lowest BCUT2D eigenvalue weighted by Gasteiger charge is -2.50. The highest BCUT2D eigenvalue weighted by atomic mass is 16.8. The molecule has 15 unspecified atom stereocenters. The highest BCUT2D eigenvalue weighted by Gasteiger charge is 2.54. The van der Waals surface area contributed by atoms with Gasteiger partial charge in [-0.3, -0.25) is 4.79 Å². The Morgan fingerprint density at radius 2 is 1.31 bits per heavy atom. The van der Waals surface area contributed by atoms with Crippen LogP contribution in [-0.4, -0.2) is 165 Å². The zero-order chi connectivity index (χ0) is 31.1. The zero-order valence-electron chi connectivity index (χ0n) is 23.6. The Kier molecular flexibility index (Phi) is 13.7. The van der Waals surface area contributed by atoms with Crippen LogP contribution in [0.2, 0.25) is 0 Å². The second-order valence-corrected chi connectivity index (χ2v) is 10.8. The summed E-state index contributed by atoms with van der Waals surface area (Å²) in [5, 5.41) is 84.7. The van der Waals surface area contributed by atoms with Gasteiger partial charge in [-0.05, 0) is 32.7 Å². The maximum Gasteiger partial charge on any atom is 0.217 e. The lowest BCUT2D eigenvalue weighted by atomic mass is 9.94. The molecule has 0 aliphatic carbocycles. The first-order chi connectivity index (χ1) is 19.9. The van der Waals surface area contributed by atoms with E-state index >= 15 is 0 Å². The van der Waals surface area contributed by atoms with Gasteiger partial charge in [-0.1, -0.05) is 0 Å². The van der Waals surface area contributed by atoms with Crippen LogP contribution < -0.4 is 11.1 Å². The van der Waals surface area contributed by atoms with Gasteiger partial charge in [0.2, 0.25) is 5.91 Å². The van der Waals surface area contributed by atoms with Crippen LogP contribution in [0.15, 0.2) is 0 Å². The Hall–Kier alpha value is -1.13. The van der Waals surface area contributed by atoms with Crippen molar-refractivity contribution in [3.8, 4) is 0 Å². The van der Waals surface area contributed by atoms with Crippen molar-refractivity contribution in [1.29, 1.82) is 0 Å². The van der Waals surface area contributed by atoms with Crippen molar-refractivity contribution in [2.75, 3.05) is 26.4 Å². The van der Waals surface area contributed by atoms with Crippen molar-refractivity contribution in [2.24, 2.45) is 5.73 Å². The first-order valence-electron chi connectivity index (χ1n) is 14.1. The molecule has 17 heteroatoms. The third kappa shape index (κ3) is 8.32. The summed E-state index contributed by atoms with van der Waals surface area (Å²) in [6.07, 6.45) is -18.9. The highest BCUT2D eigenvalue weighted by Crippen LogP contribution is 2.33. The predicted molar refractivity (Wildman–Crippen MR) is 138 cm³/mol. The van der Waals surface area contributed by atoms with Crippen molar-refractivity contribution in [3.05, 3.63) is 0 Å². The van der Waals surface area contributed by atoms with E-state index in [0.29, 0.717) is 13.0 Å². The number of aliphatic hydroxyl groups is 8. The van der Waals surface area contributed by atoms with Crippen molar-refractivity contribution >= 4 is 5.91 Å². The van der Waals surface area contributed by atoms with E-state index in [1.807, 2.05) is 0 Å². The molecule has 246 valence electrons. The summed E-state index contributed by atoms with van der Waals surface area (Å²) in [6.45, 7) is 1.90. The average Bonchev–Trinajstić information content (AvgIpc) is 2.96. The van der Waals surface area contributed by atoms with Crippen LogP contribution >= 0.6 is 0 Å². The molecule has 0 spiro atoms. The molecule has 17 nitrogen and oxygen atoms in total. The molecule has 42 heavy (non-hydrogen) atoms. The monoisotopic (exact) mass is 614 g/mol. The van der Waals surface area contributed by atoms with Gasteiger partial charge >= 0.3 is 0 Å². The Morgan fingerprint density at radius 3 is 1.90 bits per heavy atom. The number of hydrogen-bond donors (Lipinski definition) is 10. The first kappa shape index (κ1) is 35.4. The number of aliphatic hydroxyl groups excluding tert-OH is 8. The first-order valence-corrected chi connectivity index (χ1v) is 14.1. The smallest absolute Gasteiger partial charge is 0.217 e. The molecule has 3 fully saturated rings. The molecule has 11 N–H and O–H groups in total. The molecule has 15 atom stereocenters. The summed E-state index contributed by atoms with van der Waals surface area (Å²) in [5.74, 6) is -0.545. The van der Waals surface area contributed by atoms with Crippen molar-refractivity contribution in [1.82, 2.24) is 5.32 Å². The van der Waals surface area contributed by atoms with Gasteiger partial charge in [0.25, 0.3) is 0 Å². The summed E-state index contributed by atoms with van der Waals surface area (Å²) in [6, 6.07) is -1.19. The molecular weight excluding hydrogens is 568 g/mol. The molecule has 0 saturated carbocycles. The molecule has 3 aliphatic heterocycles. The van der Waals surface area contributed by atoms with Crippen LogP contribution in [-0.2, 0) is 33.2 Å². The van der Waals surface area contributed by atoms with Gasteiger partial charge in [0.1, 0.15) is 67.1 Å². The van der Waals surface area contributed by atoms with Gasteiger partial charge in [0.05, 0.1) is 19.3 Å². The van der Waals surface area contributed by atoms with E-state index in [9.17, 15) is 45.6 Å². The number of hydrogen-bond acceptors (Lipinski definition) is 16. The van der Waals surface area contributed by atoms with Gasteiger partial charge in [-0.15, -0.1) is 0 Å². The lowest BCUT2D eigenvalue weighted by Crippen LogP contribution is -2.69. The Morgan fingerprint density at radius 1 is 0.738 bits per heavy atom. The van der Waals surface area contributed by atoms with Gasteiger partial charge in [-0.2, -0.15) is 0 Å². The summed E-state index contributed by atoms with van der Waals surface area (Å²) in [7, 11) is 0. The highest BCUT2D eigenvalue weighted by molar-refractivity contribution is 5.73. The topological polar surface area (TPSA) is 272 Å². The van der Waals surface area contributed by atoms with E-state index in [-0.39, 0.29) is 6.61 Å². The van der Waals surface area contributed by atoms with E-state index in [1.165, 1.54) is 13.8 Å². The SMILES string of the molecule is CC(=O)NC1C(OCCCCCN)OC(CO)C(OC2OC(CO)C(O)C(O)C2O)C1OC1OC(C)C(O)C(O)C1O. The van der Waals surface area contributed by atoms with Crippen molar-refractivity contribution < 1.29 is 74.1 Å². The molecule has 0 aromatic heterocycles.